The lowest BCUT2D eigenvalue weighted by molar-refractivity contribution is 0.580. The molecule has 0 aliphatic heterocycles. The zero-order valence-corrected chi connectivity index (χ0v) is 15.7. The molecule has 0 fully saturated rings. The topological polar surface area (TPSA) is 79.0 Å². The van der Waals surface area contributed by atoms with Crippen LogP contribution in [0.2, 0.25) is 0 Å². The van der Waals surface area contributed by atoms with Gasteiger partial charge in [0.15, 0.2) is 0 Å². The molecular weight excluding hydrogens is 348 g/mol. The molecule has 0 saturated carbocycles. The number of hydrogen-bond acceptors (Lipinski definition) is 3. The molecule has 0 atom stereocenters. The Morgan fingerprint density at radius 3 is 2.42 bits per heavy atom. The van der Waals surface area contributed by atoms with Crippen LogP contribution in [0.25, 0.3) is 10.9 Å². The Labute approximate surface area is 153 Å². The van der Waals surface area contributed by atoms with E-state index in [0.717, 1.165) is 27.6 Å². The van der Waals surface area contributed by atoms with E-state index in [4.69, 9.17) is 0 Å². The highest BCUT2D eigenvalue weighted by Gasteiger charge is 2.12. The minimum absolute atomic E-state index is 0.0131. The van der Waals surface area contributed by atoms with Gasteiger partial charge in [0.2, 0.25) is 10.0 Å². The van der Waals surface area contributed by atoms with Crippen molar-refractivity contribution in [3.63, 3.8) is 0 Å². The molecule has 3 rings (SSSR count). The van der Waals surface area contributed by atoms with Crippen LogP contribution < -0.4 is 10.3 Å². The largest absolute Gasteiger partial charge is 0.322 e. The number of aromatic amines is 1. The van der Waals surface area contributed by atoms with Gasteiger partial charge in [-0.1, -0.05) is 30.3 Å². The van der Waals surface area contributed by atoms with Crippen molar-refractivity contribution in [2.24, 2.45) is 0 Å². The van der Waals surface area contributed by atoms with E-state index in [2.05, 4.69) is 9.71 Å². The fourth-order valence-electron chi connectivity index (χ4n) is 2.81. The van der Waals surface area contributed by atoms with Crippen LogP contribution >= 0.6 is 0 Å². The summed E-state index contributed by atoms with van der Waals surface area (Å²) in [5.74, 6) is -0.0131. The molecule has 2 N–H and O–H groups in total. The number of fused-ring (bicyclic) bond motifs is 1. The fraction of sp³-hybridized carbons (Fsp3) is 0.250. The summed E-state index contributed by atoms with van der Waals surface area (Å²) in [7, 11) is -3.47. The summed E-state index contributed by atoms with van der Waals surface area (Å²) in [5.41, 5.74) is 4.08. The van der Waals surface area contributed by atoms with Gasteiger partial charge in [-0.05, 0) is 60.5 Å². The van der Waals surface area contributed by atoms with E-state index in [0.29, 0.717) is 12.0 Å². The third-order valence-electron chi connectivity index (χ3n) is 4.52. The van der Waals surface area contributed by atoms with Gasteiger partial charge in [-0.15, -0.1) is 0 Å². The molecule has 0 aliphatic carbocycles. The van der Waals surface area contributed by atoms with Crippen LogP contribution in [0.4, 0.5) is 0 Å². The van der Waals surface area contributed by atoms with Crippen molar-refractivity contribution in [2.75, 3.05) is 5.75 Å². The van der Waals surface area contributed by atoms with Crippen molar-refractivity contribution in [3.8, 4) is 0 Å². The molecular formula is C20H22N2O3S. The molecule has 0 amide bonds. The summed E-state index contributed by atoms with van der Waals surface area (Å²) in [5, 5.41) is 0.895. The van der Waals surface area contributed by atoms with Crippen LogP contribution in [0.3, 0.4) is 0 Å². The molecule has 1 aromatic heterocycles. The summed E-state index contributed by atoms with van der Waals surface area (Å²) >= 11 is 0. The summed E-state index contributed by atoms with van der Waals surface area (Å²) < 4.78 is 27.0. The second-order valence-electron chi connectivity index (χ2n) is 6.52. The third kappa shape index (κ3) is 4.39. The number of aromatic nitrogens is 1. The highest BCUT2D eigenvalue weighted by molar-refractivity contribution is 7.89. The van der Waals surface area contributed by atoms with Crippen LogP contribution in [0.5, 0.6) is 0 Å². The quantitative estimate of drug-likeness (QED) is 0.700. The van der Waals surface area contributed by atoms with E-state index < -0.39 is 10.0 Å². The maximum atomic E-state index is 12.2. The average Bonchev–Trinajstić information content (AvgIpc) is 2.61. The Morgan fingerprint density at radius 1 is 1.00 bits per heavy atom. The fourth-order valence-corrected chi connectivity index (χ4v) is 3.83. The second-order valence-corrected chi connectivity index (χ2v) is 8.45. The van der Waals surface area contributed by atoms with Gasteiger partial charge in [0.1, 0.15) is 0 Å². The SMILES string of the molecule is Cc1cc2cc(CNS(=O)(=O)CCc3ccccc3)c(=O)[nH]c2cc1C. The van der Waals surface area contributed by atoms with E-state index in [1.54, 1.807) is 6.07 Å². The minimum atomic E-state index is -3.47. The predicted octanol–water partition coefficient (Wildman–Crippen LogP) is 2.81. The summed E-state index contributed by atoms with van der Waals surface area (Å²) in [4.78, 5) is 15.1. The molecule has 5 nitrogen and oxygen atoms in total. The van der Waals surface area contributed by atoms with E-state index in [-0.39, 0.29) is 17.9 Å². The molecule has 0 spiro atoms. The van der Waals surface area contributed by atoms with Crippen LogP contribution in [0, 0.1) is 13.8 Å². The lowest BCUT2D eigenvalue weighted by atomic mass is 10.1. The third-order valence-corrected chi connectivity index (χ3v) is 5.85. The van der Waals surface area contributed by atoms with Crippen molar-refractivity contribution < 1.29 is 8.42 Å². The van der Waals surface area contributed by atoms with E-state index in [1.165, 1.54) is 0 Å². The molecule has 0 radical (unpaired) electrons. The number of sulfonamides is 1. The Kier molecular flexibility index (Phi) is 5.25. The smallest absolute Gasteiger partial charge is 0.252 e. The van der Waals surface area contributed by atoms with Gasteiger partial charge in [-0.3, -0.25) is 4.79 Å². The van der Waals surface area contributed by atoms with Gasteiger partial charge < -0.3 is 4.98 Å². The molecule has 2 aromatic carbocycles. The van der Waals surface area contributed by atoms with Crippen molar-refractivity contribution in [1.29, 1.82) is 0 Å². The lowest BCUT2D eigenvalue weighted by Crippen LogP contribution is -2.29. The molecule has 0 saturated heterocycles. The first-order valence-corrected chi connectivity index (χ1v) is 10.1. The van der Waals surface area contributed by atoms with Gasteiger partial charge in [0.05, 0.1) is 5.75 Å². The zero-order chi connectivity index (χ0) is 18.7. The van der Waals surface area contributed by atoms with Gasteiger partial charge in [-0.2, -0.15) is 0 Å². The molecule has 26 heavy (non-hydrogen) atoms. The van der Waals surface area contributed by atoms with Crippen LogP contribution in [-0.4, -0.2) is 19.2 Å². The normalized spacial score (nSPS) is 11.8. The number of hydrogen-bond donors (Lipinski definition) is 2. The first kappa shape index (κ1) is 18.4. The van der Waals surface area contributed by atoms with Crippen molar-refractivity contribution in [3.05, 3.63) is 81.1 Å². The van der Waals surface area contributed by atoms with Gasteiger partial charge in [0.25, 0.3) is 5.56 Å². The number of H-pyrrole nitrogens is 1. The van der Waals surface area contributed by atoms with E-state index in [1.807, 2.05) is 56.3 Å². The molecule has 3 aromatic rings. The highest BCUT2D eigenvalue weighted by Crippen LogP contribution is 2.17. The lowest BCUT2D eigenvalue weighted by Gasteiger charge is -2.09. The van der Waals surface area contributed by atoms with Crippen molar-refractivity contribution >= 4 is 20.9 Å². The Hall–Kier alpha value is -2.44. The van der Waals surface area contributed by atoms with Crippen molar-refractivity contribution in [2.45, 2.75) is 26.8 Å². The summed E-state index contributed by atoms with van der Waals surface area (Å²) in [6.45, 7) is 3.98. The minimum Gasteiger partial charge on any atom is -0.322 e. The number of nitrogens with one attached hydrogen (secondary N) is 2. The Bertz CT molecular complexity index is 1090. The maximum absolute atomic E-state index is 12.2. The second kappa shape index (κ2) is 7.43. The van der Waals surface area contributed by atoms with Crippen LogP contribution in [0.15, 0.2) is 53.3 Å². The van der Waals surface area contributed by atoms with Gasteiger partial charge >= 0.3 is 0 Å². The first-order chi connectivity index (χ1) is 12.3. The maximum Gasteiger partial charge on any atom is 0.252 e. The standard InChI is InChI=1S/C20H22N2O3S/c1-14-10-17-12-18(20(23)22-19(17)11-15(14)2)13-21-26(24,25)9-8-16-6-4-3-5-7-16/h3-7,10-12,21H,8-9,13H2,1-2H3,(H,22,23). The number of aryl methyl sites for hydroxylation is 3. The number of rotatable bonds is 6. The van der Waals surface area contributed by atoms with Gasteiger partial charge in [-0.25, -0.2) is 13.1 Å². The molecule has 1 heterocycles. The monoisotopic (exact) mass is 370 g/mol. The first-order valence-electron chi connectivity index (χ1n) is 8.48. The van der Waals surface area contributed by atoms with Crippen molar-refractivity contribution in [1.82, 2.24) is 9.71 Å². The van der Waals surface area contributed by atoms with Gasteiger partial charge in [0, 0.05) is 17.6 Å². The predicted molar refractivity (Wildman–Crippen MR) is 105 cm³/mol. The Balaban J connectivity index is 1.73. The molecule has 0 aliphatic rings. The summed E-state index contributed by atoms with van der Waals surface area (Å²) in [6.07, 6.45) is 0.433. The van der Waals surface area contributed by atoms with E-state index >= 15 is 0 Å². The molecule has 6 heteroatoms. The van der Waals surface area contributed by atoms with Crippen LogP contribution in [-0.2, 0) is 23.0 Å². The number of pyridine rings is 1. The highest BCUT2D eigenvalue weighted by atomic mass is 32.2. The average molecular weight is 370 g/mol. The summed E-state index contributed by atoms with van der Waals surface area (Å²) in [6, 6.07) is 15.1. The zero-order valence-electron chi connectivity index (χ0n) is 14.9. The molecule has 136 valence electrons. The number of benzene rings is 2. The van der Waals surface area contributed by atoms with Crippen LogP contribution in [0.1, 0.15) is 22.3 Å². The Morgan fingerprint density at radius 2 is 1.69 bits per heavy atom. The molecule has 0 bridgehead atoms. The molecule has 0 unspecified atom stereocenters. The van der Waals surface area contributed by atoms with E-state index in [9.17, 15) is 13.2 Å².